The molecule has 0 saturated carbocycles. The van der Waals surface area contributed by atoms with Crippen molar-refractivity contribution in [2.45, 2.75) is 39.2 Å². The lowest BCUT2D eigenvalue weighted by Crippen LogP contribution is -2.59. The van der Waals surface area contributed by atoms with Gasteiger partial charge in [0, 0.05) is 13.1 Å². The molecule has 2 N–H and O–H groups in total. The van der Waals surface area contributed by atoms with Crippen LogP contribution in [0.15, 0.2) is 0 Å². The summed E-state index contributed by atoms with van der Waals surface area (Å²) >= 11 is 0. The van der Waals surface area contributed by atoms with Crippen LogP contribution >= 0.6 is 0 Å². The smallest absolute Gasteiger partial charge is 0.0895 e. The maximum atomic E-state index is 9.71. The third-order valence-electron chi connectivity index (χ3n) is 2.25. The first-order chi connectivity index (χ1) is 4.91. The highest BCUT2D eigenvalue weighted by Gasteiger charge is 2.34. The highest BCUT2D eigenvalue weighted by atomic mass is 16.3. The van der Waals surface area contributed by atoms with Gasteiger partial charge in [-0.25, -0.2) is 0 Å². The summed E-state index contributed by atoms with van der Waals surface area (Å²) in [6.45, 7) is 8.19. The van der Waals surface area contributed by atoms with Crippen LogP contribution in [0, 0.1) is 5.41 Å². The van der Waals surface area contributed by atoms with Gasteiger partial charge in [-0.2, -0.15) is 0 Å². The summed E-state index contributed by atoms with van der Waals surface area (Å²) in [4.78, 5) is 0. The normalized spacial score (nSPS) is 22.9. The van der Waals surface area contributed by atoms with E-state index in [-0.39, 0.29) is 5.60 Å². The summed E-state index contributed by atoms with van der Waals surface area (Å²) in [6, 6.07) is 0. The first-order valence-corrected chi connectivity index (χ1v) is 4.34. The molecule has 1 aliphatic heterocycles. The van der Waals surface area contributed by atoms with Crippen LogP contribution in [0.2, 0.25) is 0 Å². The summed E-state index contributed by atoms with van der Waals surface area (Å²) in [6.07, 6.45) is 2.04. The zero-order valence-electron chi connectivity index (χ0n) is 7.78. The lowest BCUT2D eigenvalue weighted by molar-refractivity contribution is -0.0251. The van der Waals surface area contributed by atoms with Crippen LogP contribution in [0.3, 0.4) is 0 Å². The fourth-order valence-electron chi connectivity index (χ4n) is 1.20. The zero-order valence-corrected chi connectivity index (χ0v) is 7.78. The lowest BCUT2D eigenvalue weighted by atomic mass is 9.82. The van der Waals surface area contributed by atoms with Crippen molar-refractivity contribution in [2.24, 2.45) is 5.41 Å². The third-order valence-corrected chi connectivity index (χ3v) is 2.25. The van der Waals surface area contributed by atoms with Gasteiger partial charge < -0.3 is 10.4 Å². The van der Waals surface area contributed by atoms with Gasteiger partial charge in [0.2, 0.25) is 0 Å². The molecule has 1 rings (SSSR count). The van der Waals surface area contributed by atoms with Gasteiger partial charge in [-0.1, -0.05) is 20.8 Å². The second-order valence-electron chi connectivity index (χ2n) is 4.89. The van der Waals surface area contributed by atoms with E-state index in [1.165, 1.54) is 0 Å². The van der Waals surface area contributed by atoms with Gasteiger partial charge in [-0.15, -0.1) is 0 Å². The van der Waals surface area contributed by atoms with E-state index in [4.69, 9.17) is 0 Å². The maximum Gasteiger partial charge on any atom is 0.0895 e. The minimum absolute atomic E-state index is 0.352. The molecule has 1 aliphatic rings. The molecular formula is C9H19NO. The summed E-state index contributed by atoms with van der Waals surface area (Å²) in [5.41, 5.74) is -0.0292. The van der Waals surface area contributed by atoms with E-state index in [1.807, 2.05) is 0 Å². The minimum Gasteiger partial charge on any atom is -0.387 e. The summed E-state index contributed by atoms with van der Waals surface area (Å²) in [7, 11) is 0. The average Bonchev–Trinajstić information content (AvgIpc) is 1.77. The van der Waals surface area contributed by atoms with Crippen LogP contribution in [-0.2, 0) is 0 Å². The fraction of sp³-hybridized carbons (Fsp3) is 1.00. The molecule has 0 spiro atoms. The maximum absolute atomic E-state index is 9.71. The number of β-amino-alcohol motifs (C(OH)–C–C–N with tert-alkyl or cyclic N) is 1. The Hall–Kier alpha value is -0.0800. The average molecular weight is 157 g/mol. The summed E-state index contributed by atoms with van der Waals surface area (Å²) in [5, 5.41) is 12.8. The molecule has 0 aromatic rings. The molecule has 0 amide bonds. The number of aliphatic hydroxyl groups is 1. The third kappa shape index (κ3) is 2.80. The molecule has 1 heterocycles. The Morgan fingerprint density at radius 3 is 2.18 bits per heavy atom. The largest absolute Gasteiger partial charge is 0.387 e. The van der Waals surface area contributed by atoms with Crippen molar-refractivity contribution in [3.63, 3.8) is 0 Å². The molecule has 0 aliphatic carbocycles. The Morgan fingerprint density at radius 1 is 1.36 bits per heavy atom. The summed E-state index contributed by atoms with van der Waals surface area (Å²) in [5.74, 6) is 0. The molecule has 0 unspecified atom stereocenters. The van der Waals surface area contributed by atoms with Crippen LogP contribution in [0.4, 0.5) is 0 Å². The molecule has 2 nitrogen and oxygen atoms in total. The first kappa shape index (κ1) is 9.01. The van der Waals surface area contributed by atoms with Crippen molar-refractivity contribution >= 4 is 0 Å². The van der Waals surface area contributed by atoms with Crippen LogP contribution in [0.1, 0.15) is 33.6 Å². The molecule has 0 bridgehead atoms. The van der Waals surface area contributed by atoms with E-state index in [0.29, 0.717) is 5.41 Å². The fourth-order valence-corrected chi connectivity index (χ4v) is 1.20. The molecule has 1 saturated heterocycles. The molecular weight excluding hydrogens is 138 g/mol. The predicted molar refractivity (Wildman–Crippen MR) is 46.5 cm³/mol. The Balaban J connectivity index is 2.21. The van der Waals surface area contributed by atoms with Crippen molar-refractivity contribution in [2.75, 3.05) is 13.1 Å². The van der Waals surface area contributed by atoms with E-state index in [9.17, 15) is 5.11 Å². The van der Waals surface area contributed by atoms with Gasteiger partial charge >= 0.3 is 0 Å². The molecule has 0 aromatic carbocycles. The Kier molecular flexibility index (Phi) is 2.26. The predicted octanol–water partition coefficient (Wildman–Crippen LogP) is 1.15. The quantitative estimate of drug-likeness (QED) is 0.630. The van der Waals surface area contributed by atoms with Crippen LogP contribution in [0.25, 0.3) is 0 Å². The Morgan fingerprint density at radius 2 is 1.91 bits per heavy atom. The van der Waals surface area contributed by atoms with Crippen molar-refractivity contribution in [3.05, 3.63) is 0 Å². The number of hydrogen-bond donors (Lipinski definition) is 2. The van der Waals surface area contributed by atoms with Gasteiger partial charge in [0.25, 0.3) is 0 Å². The van der Waals surface area contributed by atoms with Crippen LogP contribution in [0.5, 0.6) is 0 Å². The van der Waals surface area contributed by atoms with Gasteiger partial charge in [0.05, 0.1) is 5.60 Å². The molecule has 0 aromatic heterocycles. The second-order valence-corrected chi connectivity index (χ2v) is 4.89. The minimum atomic E-state index is -0.382. The molecule has 1 fully saturated rings. The molecule has 66 valence electrons. The van der Waals surface area contributed by atoms with Crippen LogP contribution < -0.4 is 5.32 Å². The zero-order chi connectivity index (χ0) is 8.54. The van der Waals surface area contributed by atoms with E-state index in [0.717, 1.165) is 25.9 Å². The monoisotopic (exact) mass is 157 g/mol. The Bertz CT molecular complexity index is 133. The van der Waals surface area contributed by atoms with Gasteiger partial charge in [-0.05, 0) is 18.3 Å². The number of nitrogens with one attached hydrogen (secondary N) is 1. The molecule has 0 atom stereocenters. The lowest BCUT2D eigenvalue weighted by Gasteiger charge is -2.39. The van der Waals surface area contributed by atoms with Crippen molar-refractivity contribution < 1.29 is 5.11 Å². The number of rotatable bonds is 2. The highest BCUT2D eigenvalue weighted by Crippen LogP contribution is 2.27. The number of hydrogen-bond acceptors (Lipinski definition) is 2. The van der Waals surface area contributed by atoms with E-state index >= 15 is 0 Å². The molecule has 2 heteroatoms. The van der Waals surface area contributed by atoms with Gasteiger partial charge in [-0.3, -0.25) is 0 Å². The van der Waals surface area contributed by atoms with Crippen molar-refractivity contribution in [3.8, 4) is 0 Å². The van der Waals surface area contributed by atoms with Gasteiger partial charge in [0.1, 0.15) is 0 Å². The summed E-state index contributed by atoms with van der Waals surface area (Å²) < 4.78 is 0. The van der Waals surface area contributed by atoms with Crippen molar-refractivity contribution in [1.29, 1.82) is 0 Å². The van der Waals surface area contributed by atoms with Crippen molar-refractivity contribution in [1.82, 2.24) is 5.32 Å². The topological polar surface area (TPSA) is 32.3 Å². The molecule has 11 heavy (non-hydrogen) atoms. The second kappa shape index (κ2) is 2.76. The Labute approximate surface area is 69.0 Å². The molecule has 0 radical (unpaired) electrons. The van der Waals surface area contributed by atoms with Crippen LogP contribution in [-0.4, -0.2) is 23.8 Å². The highest BCUT2D eigenvalue weighted by molar-refractivity contribution is 4.92. The standard InChI is InChI=1S/C9H19NO/c1-8(2,3)4-5-9(11)6-10-7-9/h10-11H,4-7H2,1-3H3. The van der Waals surface area contributed by atoms with E-state index in [2.05, 4.69) is 26.1 Å². The SMILES string of the molecule is CC(C)(C)CCC1(O)CNC1. The first-order valence-electron chi connectivity index (χ1n) is 4.34. The van der Waals surface area contributed by atoms with E-state index < -0.39 is 0 Å². The van der Waals surface area contributed by atoms with Gasteiger partial charge in [0.15, 0.2) is 0 Å². The van der Waals surface area contributed by atoms with E-state index in [1.54, 1.807) is 0 Å².